The minimum absolute atomic E-state index is 0.0516. The highest BCUT2D eigenvalue weighted by atomic mass is 32.2. The summed E-state index contributed by atoms with van der Waals surface area (Å²) in [6, 6.07) is 8.34. The molecule has 1 aromatic rings. The van der Waals surface area contributed by atoms with Crippen LogP contribution in [0, 0.1) is 0 Å². The molecular formula is C22H29NO9S. The van der Waals surface area contributed by atoms with Gasteiger partial charge in [-0.05, 0) is 11.3 Å². The van der Waals surface area contributed by atoms with E-state index in [0.29, 0.717) is 5.75 Å². The van der Waals surface area contributed by atoms with E-state index in [9.17, 15) is 19.2 Å². The van der Waals surface area contributed by atoms with E-state index >= 15 is 0 Å². The lowest BCUT2D eigenvalue weighted by Gasteiger charge is -2.28. The molecule has 10 nitrogen and oxygen atoms in total. The van der Waals surface area contributed by atoms with Gasteiger partial charge in [0.15, 0.2) is 12.2 Å². The van der Waals surface area contributed by atoms with E-state index in [4.69, 9.17) is 23.7 Å². The molecule has 5 atom stereocenters. The number of thioether (sulfide) groups is 1. The molecule has 0 aliphatic carbocycles. The Labute approximate surface area is 196 Å². The van der Waals surface area contributed by atoms with Crippen LogP contribution < -0.4 is 5.32 Å². The van der Waals surface area contributed by atoms with Gasteiger partial charge in [-0.25, -0.2) is 4.79 Å². The predicted octanol–water partition coefficient (Wildman–Crippen LogP) is 2.19. The number of alkyl carbamates (subject to hydrolysis) is 1. The van der Waals surface area contributed by atoms with Gasteiger partial charge in [0.1, 0.15) is 30.8 Å². The number of nitrogens with one attached hydrogen (secondary N) is 1. The number of benzene rings is 1. The molecule has 2 rings (SSSR count). The maximum Gasteiger partial charge on any atom is 0.407 e. The number of esters is 3. The molecule has 1 heterocycles. The average Bonchev–Trinajstić information content (AvgIpc) is 3.06. The lowest BCUT2D eigenvalue weighted by molar-refractivity contribution is -0.173. The maximum absolute atomic E-state index is 12.5. The van der Waals surface area contributed by atoms with Gasteiger partial charge in [-0.3, -0.25) is 14.4 Å². The summed E-state index contributed by atoms with van der Waals surface area (Å²) in [4.78, 5) is 47.3. The van der Waals surface area contributed by atoms with Gasteiger partial charge in [0.25, 0.3) is 0 Å². The molecule has 11 heteroatoms. The van der Waals surface area contributed by atoms with E-state index in [1.54, 1.807) is 0 Å². The molecule has 1 aromatic carbocycles. The van der Waals surface area contributed by atoms with E-state index in [0.717, 1.165) is 5.56 Å². The fourth-order valence-electron chi connectivity index (χ4n) is 3.27. The Morgan fingerprint density at radius 1 is 1.03 bits per heavy atom. The zero-order valence-corrected chi connectivity index (χ0v) is 19.8. The Kier molecular flexibility index (Phi) is 10.5. The summed E-state index contributed by atoms with van der Waals surface area (Å²) in [6.45, 7) is 5.28. The van der Waals surface area contributed by atoms with Crippen LogP contribution in [0.3, 0.4) is 0 Å². The first-order valence-corrected chi connectivity index (χ1v) is 11.5. The third-order valence-electron chi connectivity index (χ3n) is 4.53. The van der Waals surface area contributed by atoms with E-state index in [1.807, 2.05) is 37.3 Å². The lowest BCUT2D eigenvalue weighted by atomic mass is 10.0. The Hall–Kier alpha value is -2.79. The molecule has 182 valence electrons. The highest BCUT2D eigenvalue weighted by Gasteiger charge is 2.52. The highest BCUT2D eigenvalue weighted by Crippen LogP contribution is 2.34. The predicted molar refractivity (Wildman–Crippen MR) is 118 cm³/mol. The molecule has 0 spiro atoms. The van der Waals surface area contributed by atoms with Crippen molar-refractivity contribution in [3.05, 3.63) is 35.9 Å². The Morgan fingerprint density at radius 3 is 2.30 bits per heavy atom. The summed E-state index contributed by atoms with van der Waals surface area (Å²) >= 11 is 1.37. The largest absolute Gasteiger partial charge is 0.462 e. The topological polar surface area (TPSA) is 126 Å². The second-order valence-corrected chi connectivity index (χ2v) is 8.56. The molecule has 1 N–H and O–H groups in total. The fourth-order valence-corrected chi connectivity index (χ4v) is 4.24. The van der Waals surface area contributed by atoms with E-state index in [2.05, 4.69) is 5.32 Å². The van der Waals surface area contributed by atoms with Crippen molar-refractivity contribution in [2.24, 2.45) is 0 Å². The van der Waals surface area contributed by atoms with Crippen molar-refractivity contribution >= 4 is 35.8 Å². The summed E-state index contributed by atoms with van der Waals surface area (Å²) in [6.07, 6.45) is -3.78. The zero-order valence-electron chi connectivity index (χ0n) is 19.0. The first kappa shape index (κ1) is 26.5. The molecular weight excluding hydrogens is 454 g/mol. The first-order chi connectivity index (χ1) is 15.7. The third-order valence-corrected chi connectivity index (χ3v) is 5.59. The molecule has 0 aromatic heterocycles. The van der Waals surface area contributed by atoms with Crippen molar-refractivity contribution in [3.8, 4) is 0 Å². The second-order valence-electron chi connectivity index (χ2n) is 7.18. The molecule has 33 heavy (non-hydrogen) atoms. The van der Waals surface area contributed by atoms with Crippen LogP contribution in [0.25, 0.3) is 0 Å². The van der Waals surface area contributed by atoms with Crippen LogP contribution in [0.2, 0.25) is 0 Å². The van der Waals surface area contributed by atoms with E-state index < -0.39 is 53.8 Å². The number of hydrogen-bond donors (Lipinski definition) is 1. The van der Waals surface area contributed by atoms with Gasteiger partial charge in [0.05, 0.1) is 0 Å². The molecule has 0 unspecified atom stereocenters. The van der Waals surface area contributed by atoms with Crippen molar-refractivity contribution in [2.75, 3.05) is 12.4 Å². The zero-order chi connectivity index (χ0) is 24.4. The molecule has 0 saturated carbocycles. The van der Waals surface area contributed by atoms with Crippen LogP contribution in [0.15, 0.2) is 30.3 Å². The third kappa shape index (κ3) is 8.58. The number of carbonyl (C=O) groups excluding carboxylic acids is 4. The van der Waals surface area contributed by atoms with Crippen LogP contribution in [0.5, 0.6) is 0 Å². The number of rotatable bonds is 10. The normalized spacial score (nSPS) is 22.7. The van der Waals surface area contributed by atoms with Crippen molar-refractivity contribution in [1.29, 1.82) is 0 Å². The fraction of sp³-hybridized carbons (Fsp3) is 0.545. The Balaban J connectivity index is 2.21. The molecule has 1 aliphatic heterocycles. The average molecular weight is 484 g/mol. The number of ether oxygens (including phenoxy) is 5. The van der Waals surface area contributed by atoms with Gasteiger partial charge < -0.3 is 29.0 Å². The van der Waals surface area contributed by atoms with Crippen LogP contribution in [-0.4, -0.2) is 66.2 Å². The van der Waals surface area contributed by atoms with Gasteiger partial charge in [-0.15, -0.1) is 11.8 Å². The molecule has 1 aliphatic rings. The molecule has 0 radical (unpaired) electrons. The quantitative estimate of drug-likeness (QED) is 0.391. The number of amides is 1. The Bertz CT molecular complexity index is 819. The maximum atomic E-state index is 12.5. The van der Waals surface area contributed by atoms with Gasteiger partial charge in [-0.1, -0.05) is 37.3 Å². The molecule has 1 amide bonds. The Morgan fingerprint density at radius 2 is 1.73 bits per heavy atom. The number of carbonyl (C=O) groups is 4. The summed E-state index contributed by atoms with van der Waals surface area (Å²) in [7, 11) is 0. The van der Waals surface area contributed by atoms with Crippen molar-refractivity contribution in [1.82, 2.24) is 5.32 Å². The monoisotopic (exact) mass is 483 g/mol. The van der Waals surface area contributed by atoms with Gasteiger partial charge in [0, 0.05) is 20.8 Å². The lowest BCUT2D eigenvalue weighted by Crippen LogP contribution is -2.51. The van der Waals surface area contributed by atoms with Gasteiger partial charge >= 0.3 is 24.0 Å². The first-order valence-electron chi connectivity index (χ1n) is 10.4. The summed E-state index contributed by atoms with van der Waals surface area (Å²) in [5.41, 5.74) is 0.171. The summed E-state index contributed by atoms with van der Waals surface area (Å²) in [5, 5.41) is 2.71. The van der Waals surface area contributed by atoms with Crippen molar-refractivity contribution < 1.29 is 42.9 Å². The SMILES string of the molecule is CCS[C@H]1O[C@@H]([C@@H](COC(C)=O)OC(C)=O)[C@@H](OC(C)=O)[C@@H]1NC(=O)OCc1ccccc1. The number of hydrogen-bond acceptors (Lipinski definition) is 10. The second kappa shape index (κ2) is 13.0. The van der Waals surface area contributed by atoms with Crippen LogP contribution in [-0.2, 0) is 44.7 Å². The minimum Gasteiger partial charge on any atom is -0.462 e. The smallest absolute Gasteiger partial charge is 0.407 e. The standard InChI is InChI=1S/C22H29NO9S/c1-5-33-21-18(23-22(27)29-11-16-9-7-6-8-10-16)20(31-15(4)26)19(32-21)17(30-14(3)25)12-28-13(2)24/h6-10,17-21H,5,11-12H2,1-4H3,(H,23,27)/t17-,18+,19+,20+,21-/m1/s1. The van der Waals surface area contributed by atoms with E-state index in [-0.39, 0.29) is 13.2 Å². The molecule has 1 fully saturated rings. The van der Waals surface area contributed by atoms with E-state index in [1.165, 1.54) is 32.5 Å². The van der Waals surface area contributed by atoms with Crippen LogP contribution in [0.1, 0.15) is 33.3 Å². The highest BCUT2D eigenvalue weighted by molar-refractivity contribution is 7.99. The van der Waals surface area contributed by atoms with Gasteiger partial charge in [-0.2, -0.15) is 0 Å². The summed E-state index contributed by atoms with van der Waals surface area (Å²) in [5.74, 6) is -1.19. The van der Waals surface area contributed by atoms with Gasteiger partial charge in [0.2, 0.25) is 0 Å². The minimum atomic E-state index is -1.05. The molecule has 1 saturated heterocycles. The van der Waals surface area contributed by atoms with Crippen LogP contribution >= 0.6 is 11.8 Å². The summed E-state index contributed by atoms with van der Waals surface area (Å²) < 4.78 is 27.1. The molecule has 0 bridgehead atoms. The van der Waals surface area contributed by atoms with Crippen molar-refractivity contribution in [3.63, 3.8) is 0 Å². The van der Waals surface area contributed by atoms with Crippen molar-refractivity contribution in [2.45, 2.75) is 64.1 Å². The van der Waals surface area contributed by atoms with Crippen LogP contribution in [0.4, 0.5) is 4.79 Å².